The summed E-state index contributed by atoms with van der Waals surface area (Å²) >= 11 is 0. The van der Waals surface area contributed by atoms with Gasteiger partial charge in [0.05, 0.1) is 11.1 Å². The van der Waals surface area contributed by atoms with Crippen LogP contribution in [0, 0.1) is 12.7 Å². The van der Waals surface area contributed by atoms with Gasteiger partial charge in [-0.25, -0.2) is 22.9 Å². The van der Waals surface area contributed by atoms with E-state index in [1.807, 2.05) is 0 Å². The van der Waals surface area contributed by atoms with Crippen molar-refractivity contribution < 1.29 is 17.6 Å². The Morgan fingerprint density at radius 1 is 1.09 bits per heavy atom. The van der Waals surface area contributed by atoms with Crippen LogP contribution < -0.4 is 21.1 Å². The van der Waals surface area contributed by atoms with Crippen molar-refractivity contribution in [1.29, 1.82) is 0 Å². The van der Waals surface area contributed by atoms with Crippen molar-refractivity contribution in [2.24, 2.45) is 5.14 Å². The van der Waals surface area contributed by atoms with E-state index in [4.69, 9.17) is 5.14 Å². The Bertz CT molecular complexity index is 1230. The molecule has 0 aliphatic carbocycles. The number of benzene rings is 2. The third-order valence-electron chi connectivity index (χ3n) is 4.52. The molecule has 1 heterocycles. The zero-order chi connectivity index (χ0) is 23.3. The zero-order valence-corrected chi connectivity index (χ0v) is 18.3. The Morgan fingerprint density at radius 2 is 1.78 bits per heavy atom. The minimum absolute atomic E-state index is 0.0295. The fourth-order valence-electron chi connectivity index (χ4n) is 2.80. The minimum atomic E-state index is -3.89. The summed E-state index contributed by atoms with van der Waals surface area (Å²) in [5.74, 6) is -0.700. The van der Waals surface area contributed by atoms with Crippen molar-refractivity contribution in [1.82, 2.24) is 15.3 Å². The van der Waals surface area contributed by atoms with Crippen molar-refractivity contribution in [3.8, 4) is 0 Å². The maximum atomic E-state index is 14.2. The van der Waals surface area contributed by atoms with Crippen LogP contribution in [0.5, 0.6) is 0 Å². The highest BCUT2D eigenvalue weighted by Gasteiger charge is 2.13. The van der Waals surface area contributed by atoms with Gasteiger partial charge in [-0.05, 0) is 42.3 Å². The molecule has 9 nitrogen and oxygen atoms in total. The number of amides is 1. The molecule has 0 fully saturated rings. The predicted molar refractivity (Wildman–Crippen MR) is 120 cm³/mol. The van der Waals surface area contributed by atoms with Gasteiger partial charge in [-0.15, -0.1) is 0 Å². The van der Waals surface area contributed by atoms with Crippen LogP contribution in [0.4, 0.5) is 27.5 Å². The number of carbonyl (C=O) groups excluding carboxylic acids is 1. The van der Waals surface area contributed by atoms with Crippen molar-refractivity contribution in [3.05, 3.63) is 65.6 Å². The SMILES string of the molecule is CCC(=O)NCc1ccc(Nc2nc(Nc3ccc(C)c(S(N)(=O)=O)c3)ncc2F)cc1. The number of primary sulfonamides is 1. The molecule has 0 aliphatic rings. The molecule has 32 heavy (non-hydrogen) atoms. The highest BCUT2D eigenvalue weighted by atomic mass is 32.2. The van der Waals surface area contributed by atoms with Crippen molar-refractivity contribution in [2.75, 3.05) is 10.6 Å². The number of hydrogen-bond donors (Lipinski definition) is 4. The standard InChI is InChI=1S/C21H23FN6O3S/c1-3-19(29)24-11-14-5-8-15(9-6-14)26-20-17(22)12-25-21(28-20)27-16-7-4-13(2)18(10-16)32(23,30)31/h4-10,12H,3,11H2,1-2H3,(H,24,29)(H2,23,30,31)(H2,25,26,27,28). The quantitative estimate of drug-likeness (QED) is 0.407. The lowest BCUT2D eigenvalue weighted by molar-refractivity contribution is -0.120. The van der Waals surface area contributed by atoms with E-state index in [1.165, 1.54) is 6.07 Å². The van der Waals surface area contributed by atoms with Crippen LogP contribution in [0.2, 0.25) is 0 Å². The first kappa shape index (κ1) is 23.1. The first-order valence-electron chi connectivity index (χ1n) is 9.71. The molecular formula is C21H23FN6O3S. The van der Waals surface area contributed by atoms with Crippen LogP contribution in [-0.4, -0.2) is 24.3 Å². The number of sulfonamides is 1. The van der Waals surface area contributed by atoms with E-state index in [2.05, 4.69) is 25.9 Å². The molecule has 0 bridgehead atoms. The Labute approximate surface area is 185 Å². The summed E-state index contributed by atoms with van der Waals surface area (Å²) in [6.45, 7) is 3.81. The molecule has 3 aromatic rings. The topological polar surface area (TPSA) is 139 Å². The number of carbonyl (C=O) groups is 1. The Morgan fingerprint density at radius 3 is 2.44 bits per heavy atom. The molecule has 0 unspecified atom stereocenters. The molecule has 168 valence electrons. The van der Waals surface area contributed by atoms with Gasteiger partial charge in [0.1, 0.15) is 0 Å². The number of nitrogens with two attached hydrogens (primary N) is 1. The molecule has 0 atom stereocenters. The number of hydrogen-bond acceptors (Lipinski definition) is 7. The predicted octanol–water partition coefficient (Wildman–Crippen LogP) is 3.08. The fraction of sp³-hybridized carbons (Fsp3) is 0.190. The molecule has 2 aromatic carbocycles. The Balaban J connectivity index is 1.75. The van der Waals surface area contributed by atoms with Gasteiger partial charge in [-0.3, -0.25) is 4.79 Å². The number of nitrogens with one attached hydrogen (secondary N) is 3. The maximum absolute atomic E-state index is 14.2. The fourth-order valence-corrected chi connectivity index (χ4v) is 3.60. The second kappa shape index (κ2) is 9.71. The summed E-state index contributed by atoms with van der Waals surface area (Å²) in [5, 5.41) is 13.7. The Kier molecular flexibility index (Phi) is 7.01. The average molecular weight is 459 g/mol. The molecule has 5 N–H and O–H groups in total. The molecular weight excluding hydrogens is 435 g/mol. The van der Waals surface area contributed by atoms with Gasteiger partial charge in [0.25, 0.3) is 0 Å². The van der Waals surface area contributed by atoms with Crippen molar-refractivity contribution in [2.45, 2.75) is 31.7 Å². The molecule has 3 rings (SSSR count). The molecule has 0 aliphatic heterocycles. The van der Waals surface area contributed by atoms with Gasteiger partial charge in [0.15, 0.2) is 11.6 Å². The molecule has 11 heteroatoms. The van der Waals surface area contributed by atoms with Gasteiger partial charge < -0.3 is 16.0 Å². The van der Waals surface area contributed by atoms with E-state index in [1.54, 1.807) is 50.2 Å². The van der Waals surface area contributed by atoms with Crippen LogP contribution in [0.25, 0.3) is 0 Å². The summed E-state index contributed by atoms with van der Waals surface area (Å²) in [5.41, 5.74) is 2.37. The van der Waals surface area contributed by atoms with E-state index in [9.17, 15) is 17.6 Å². The van der Waals surface area contributed by atoms with Crippen molar-refractivity contribution >= 4 is 39.1 Å². The highest BCUT2D eigenvalue weighted by molar-refractivity contribution is 7.89. The molecule has 0 saturated carbocycles. The first-order valence-corrected chi connectivity index (χ1v) is 11.3. The molecule has 0 saturated heterocycles. The van der Waals surface area contributed by atoms with Crippen LogP contribution in [-0.2, 0) is 21.4 Å². The van der Waals surface area contributed by atoms with Crippen molar-refractivity contribution in [3.63, 3.8) is 0 Å². The molecule has 0 spiro atoms. The monoisotopic (exact) mass is 458 g/mol. The van der Waals surface area contributed by atoms with E-state index in [0.717, 1.165) is 11.8 Å². The summed E-state index contributed by atoms with van der Waals surface area (Å²) in [6, 6.07) is 11.7. The number of nitrogens with zero attached hydrogens (tertiary/aromatic N) is 2. The first-order chi connectivity index (χ1) is 15.2. The minimum Gasteiger partial charge on any atom is -0.352 e. The number of halogens is 1. The number of anilines is 4. The summed E-state index contributed by atoms with van der Waals surface area (Å²) in [7, 11) is -3.89. The maximum Gasteiger partial charge on any atom is 0.238 e. The molecule has 1 amide bonds. The largest absolute Gasteiger partial charge is 0.352 e. The van der Waals surface area contributed by atoms with E-state index in [0.29, 0.717) is 29.9 Å². The van der Waals surface area contributed by atoms with Gasteiger partial charge in [-0.2, -0.15) is 4.98 Å². The van der Waals surface area contributed by atoms with Gasteiger partial charge in [-0.1, -0.05) is 25.1 Å². The van der Waals surface area contributed by atoms with Gasteiger partial charge in [0.2, 0.25) is 21.9 Å². The van der Waals surface area contributed by atoms with E-state index >= 15 is 0 Å². The number of aromatic nitrogens is 2. The molecule has 0 radical (unpaired) electrons. The summed E-state index contributed by atoms with van der Waals surface area (Å²) in [6.07, 6.45) is 1.41. The third-order valence-corrected chi connectivity index (χ3v) is 5.58. The second-order valence-electron chi connectivity index (χ2n) is 6.99. The van der Waals surface area contributed by atoms with Gasteiger partial charge in [0, 0.05) is 24.3 Å². The number of rotatable bonds is 8. The van der Waals surface area contributed by atoms with E-state index < -0.39 is 15.8 Å². The lowest BCUT2D eigenvalue weighted by Crippen LogP contribution is -2.21. The van der Waals surface area contributed by atoms with Crippen LogP contribution in [0.1, 0.15) is 24.5 Å². The molecule has 1 aromatic heterocycles. The lowest BCUT2D eigenvalue weighted by Gasteiger charge is -2.11. The summed E-state index contributed by atoms with van der Waals surface area (Å²) < 4.78 is 37.7. The average Bonchev–Trinajstić information content (AvgIpc) is 2.76. The van der Waals surface area contributed by atoms with Crippen LogP contribution >= 0.6 is 0 Å². The lowest BCUT2D eigenvalue weighted by atomic mass is 10.2. The number of aryl methyl sites for hydroxylation is 1. The smallest absolute Gasteiger partial charge is 0.238 e. The van der Waals surface area contributed by atoms with Crippen LogP contribution in [0.15, 0.2) is 53.6 Å². The highest BCUT2D eigenvalue weighted by Crippen LogP contribution is 2.23. The summed E-state index contributed by atoms with van der Waals surface area (Å²) in [4.78, 5) is 19.3. The third kappa shape index (κ3) is 5.99. The second-order valence-corrected chi connectivity index (χ2v) is 8.52. The van der Waals surface area contributed by atoms with E-state index in [-0.39, 0.29) is 22.6 Å². The Hall–Kier alpha value is -3.57. The normalized spacial score (nSPS) is 11.1. The van der Waals surface area contributed by atoms with Crippen LogP contribution in [0.3, 0.4) is 0 Å². The zero-order valence-electron chi connectivity index (χ0n) is 17.5. The van der Waals surface area contributed by atoms with Gasteiger partial charge >= 0.3 is 0 Å².